The van der Waals surface area contributed by atoms with E-state index in [2.05, 4.69) is 4.74 Å². The number of fused-ring (bicyclic) bond motifs is 1. The van der Waals surface area contributed by atoms with Crippen molar-refractivity contribution in [1.82, 2.24) is 4.57 Å². The second kappa shape index (κ2) is 2.73. The molecule has 2 heterocycles. The number of hydrogen-bond donors (Lipinski definition) is 0. The second-order valence-corrected chi connectivity index (χ2v) is 2.92. The minimum Gasteiger partial charge on any atom is -0.464 e. The van der Waals surface area contributed by atoms with E-state index < -0.39 is 0 Å². The van der Waals surface area contributed by atoms with Crippen LogP contribution in [0.25, 0.3) is 0 Å². The molecule has 4 heteroatoms. The SMILES string of the molecule is COC(=O)c1ccc2n1CCC2=O. The number of ether oxygens (including phenoxy) is 1. The van der Waals surface area contributed by atoms with Gasteiger partial charge in [-0.15, -0.1) is 0 Å². The van der Waals surface area contributed by atoms with E-state index in [1.807, 2.05) is 0 Å². The predicted molar refractivity (Wildman–Crippen MR) is 44.7 cm³/mol. The number of Topliss-reactive ketones (excluding diaryl/α,β-unsaturated/α-hetero) is 1. The van der Waals surface area contributed by atoms with Gasteiger partial charge in [0.2, 0.25) is 0 Å². The molecule has 1 aliphatic heterocycles. The molecule has 4 nitrogen and oxygen atoms in total. The van der Waals surface area contributed by atoms with Gasteiger partial charge in [0.05, 0.1) is 12.8 Å². The van der Waals surface area contributed by atoms with Gasteiger partial charge in [0, 0.05) is 13.0 Å². The molecular weight excluding hydrogens is 170 g/mol. The van der Waals surface area contributed by atoms with Crippen LogP contribution in [0.1, 0.15) is 27.4 Å². The standard InChI is InChI=1S/C9H9NO3/c1-13-9(12)7-3-2-6-8(11)4-5-10(6)7/h2-3H,4-5H2,1H3. The third-order valence-corrected chi connectivity index (χ3v) is 2.22. The third-order valence-electron chi connectivity index (χ3n) is 2.22. The zero-order valence-electron chi connectivity index (χ0n) is 7.24. The lowest BCUT2D eigenvalue weighted by Crippen LogP contribution is -2.08. The van der Waals surface area contributed by atoms with Crippen molar-refractivity contribution in [2.24, 2.45) is 0 Å². The largest absolute Gasteiger partial charge is 0.464 e. The first-order chi connectivity index (χ1) is 6.24. The van der Waals surface area contributed by atoms with Gasteiger partial charge in [-0.2, -0.15) is 0 Å². The van der Waals surface area contributed by atoms with Crippen molar-refractivity contribution in [3.63, 3.8) is 0 Å². The average Bonchev–Trinajstić information content (AvgIpc) is 2.68. The summed E-state index contributed by atoms with van der Waals surface area (Å²) in [4.78, 5) is 22.4. The Morgan fingerprint density at radius 3 is 3.00 bits per heavy atom. The fourth-order valence-corrected chi connectivity index (χ4v) is 1.58. The molecule has 0 saturated heterocycles. The molecule has 0 aliphatic carbocycles. The Kier molecular flexibility index (Phi) is 1.69. The summed E-state index contributed by atoms with van der Waals surface area (Å²) in [6, 6.07) is 3.29. The van der Waals surface area contributed by atoms with Gasteiger partial charge in [-0.3, -0.25) is 4.79 Å². The van der Waals surface area contributed by atoms with Crippen LogP contribution in [-0.2, 0) is 11.3 Å². The zero-order valence-corrected chi connectivity index (χ0v) is 7.24. The quantitative estimate of drug-likeness (QED) is 0.601. The lowest BCUT2D eigenvalue weighted by Gasteiger charge is -2.01. The number of carbonyl (C=O) groups is 2. The summed E-state index contributed by atoms with van der Waals surface area (Å²) in [5.74, 6) is -0.295. The van der Waals surface area contributed by atoms with Gasteiger partial charge in [0.15, 0.2) is 5.78 Å². The first-order valence-corrected chi connectivity index (χ1v) is 4.05. The van der Waals surface area contributed by atoms with Crippen LogP contribution < -0.4 is 0 Å². The highest BCUT2D eigenvalue weighted by molar-refractivity contribution is 5.99. The maximum atomic E-state index is 11.2. The Labute approximate surface area is 75.1 Å². The Bertz CT molecular complexity index is 378. The van der Waals surface area contributed by atoms with Crippen LogP contribution in [0, 0.1) is 0 Å². The van der Waals surface area contributed by atoms with Crippen LogP contribution in [0.5, 0.6) is 0 Å². The molecule has 68 valence electrons. The van der Waals surface area contributed by atoms with E-state index in [1.54, 1.807) is 16.7 Å². The number of esters is 1. The Balaban J connectivity index is 2.46. The molecule has 0 spiro atoms. The van der Waals surface area contributed by atoms with Crippen molar-refractivity contribution in [3.8, 4) is 0 Å². The van der Waals surface area contributed by atoms with Gasteiger partial charge in [-0.05, 0) is 12.1 Å². The summed E-state index contributed by atoms with van der Waals surface area (Å²) < 4.78 is 6.29. The second-order valence-electron chi connectivity index (χ2n) is 2.92. The molecule has 0 fully saturated rings. The van der Waals surface area contributed by atoms with Crippen molar-refractivity contribution in [2.75, 3.05) is 7.11 Å². The summed E-state index contributed by atoms with van der Waals surface area (Å²) in [5, 5.41) is 0. The Morgan fingerprint density at radius 1 is 1.54 bits per heavy atom. The Hall–Kier alpha value is -1.58. The van der Waals surface area contributed by atoms with Gasteiger partial charge < -0.3 is 9.30 Å². The third kappa shape index (κ3) is 1.06. The van der Waals surface area contributed by atoms with Gasteiger partial charge in [0.1, 0.15) is 5.69 Å². The molecule has 0 saturated carbocycles. The average molecular weight is 179 g/mol. The van der Waals surface area contributed by atoms with Crippen LogP contribution in [-0.4, -0.2) is 23.4 Å². The molecule has 1 aliphatic rings. The lowest BCUT2D eigenvalue weighted by atomic mass is 10.3. The molecule has 13 heavy (non-hydrogen) atoms. The molecule has 0 atom stereocenters. The normalized spacial score (nSPS) is 14.4. The molecule has 2 rings (SSSR count). The van der Waals surface area contributed by atoms with E-state index in [0.29, 0.717) is 24.4 Å². The first kappa shape index (κ1) is 8.04. The summed E-state index contributed by atoms with van der Waals surface area (Å²) in [6.45, 7) is 0.589. The maximum Gasteiger partial charge on any atom is 0.354 e. The van der Waals surface area contributed by atoms with Crippen molar-refractivity contribution in [3.05, 3.63) is 23.5 Å². The summed E-state index contributed by atoms with van der Waals surface area (Å²) in [5.41, 5.74) is 1.07. The fraction of sp³-hybridized carbons (Fsp3) is 0.333. The molecule has 0 radical (unpaired) electrons. The summed E-state index contributed by atoms with van der Waals surface area (Å²) in [6.07, 6.45) is 0.486. The molecule has 0 bridgehead atoms. The van der Waals surface area contributed by atoms with Gasteiger partial charge >= 0.3 is 5.97 Å². The number of nitrogens with zero attached hydrogens (tertiary/aromatic N) is 1. The van der Waals surface area contributed by atoms with E-state index in [0.717, 1.165) is 0 Å². The van der Waals surface area contributed by atoms with E-state index in [9.17, 15) is 9.59 Å². The van der Waals surface area contributed by atoms with Crippen LogP contribution in [0.2, 0.25) is 0 Å². The van der Waals surface area contributed by atoms with Crippen LogP contribution in [0.4, 0.5) is 0 Å². The molecule has 0 aromatic carbocycles. The fourth-order valence-electron chi connectivity index (χ4n) is 1.58. The van der Waals surface area contributed by atoms with E-state index in [4.69, 9.17) is 0 Å². The Morgan fingerprint density at radius 2 is 2.31 bits per heavy atom. The molecular formula is C9H9NO3. The minimum absolute atomic E-state index is 0.0927. The lowest BCUT2D eigenvalue weighted by molar-refractivity contribution is 0.0588. The summed E-state index contributed by atoms with van der Waals surface area (Å²) >= 11 is 0. The number of methoxy groups -OCH3 is 1. The molecule has 1 aromatic heterocycles. The van der Waals surface area contributed by atoms with Crippen molar-refractivity contribution in [2.45, 2.75) is 13.0 Å². The van der Waals surface area contributed by atoms with Gasteiger partial charge in [0.25, 0.3) is 0 Å². The smallest absolute Gasteiger partial charge is 0.354 e. The highest BCUT2D eigenvalue weighted by Gasteiger charge is 2.24. The monoisotopic (exact) mass is 179 g/mol. The number of ketones is 1. The van der Waals surface area contributed by atoms with Crippen molar-refractivity contribution in [1.29, 1.82) is 0 Å². The molecule has 0 amide bonds. The highest BCUT2D eigenvalue weighted by Crippen LogP contribution is 2.19. The number of aromatic nitrogens is 1. The number of carbonyl (C=O) groups excluding carboxylic acids is 2. The highest BCUT2D eigenvalue weighted by atomic mass is 16.5. The van der Waals surface area contributed by atoms with Crippen LogP contribution >= 0.6 is 0 Å². The minimum atomic E-state index is -0.388. The molecule has 1 aromatic rings. The van der Waals surface area contributed by atoms with Crippen molar-refractivity contribution < 1.29 is 14.3 Å². The number of hydrogen-bond acceptors (Lipinski definition) is 3. The van der Waals surface area contributed by atoms with Gasteiger partial charge in [-0.25, -0.2) is 4.79 Å². The van der Waals surface area contributed by atoms with Gasteiger partial charge in [-0.1, -0.05) is 0 Å². The van der Waals surface area contributed by atoms with Crippen LogP contribution in [0.15, 0.2) is 12.1 Å². The van der Waals surface area contributed by atoms with E-state index in [-0.39, 0.29) is 11.8 Å². The number of rotatable bonds is 1. The zero-order chi connectivity index (χ0) is 9.42. The van der Waals surface area contributed by atoms with Crippen molar-refractivity contribution >= 4 is 11.8 Å². The van der Waals surface area contributed by atoms with Crippen LogP contribution in [0.3, 0.4) is 0 Å². The topological polar surface area (TPSA) is 48.3 Å². The van der Waals surface area contributed by atoms with E-state index in [1.165, 1.54) is 7.11 Å². The van der Waals surface area contributed by atoms with E-state index >= 15 is 0 Å². The molecule has 0 unspecified atom stereocenters. The predicted octanol–water partition coefficient (Wildman–Crippen LogP) is 0.861. The first-order valence-electron chi connectivity index (χ1n) is 4.05. The summed E-state index contributed by atoms with van der Waals surface area (Å²) in [7, 11) is 1.33. The maximum absolute atomic E-state index is 11.2. The molecule has 0 N–H and O–H groups in total.